The summed E-state index contributed by atoms with van der Waals surface area (Å²) in [5.41, 5.74) is 2.32. The zero-order valence-corrected chi connectivity index (χ0v) is 16.9. The van der Waals surface area contributed by atoms with Crippen LogP contribution in [-0.2, 0) is 13.0 Å². The lowest BCUT2D eigenvalue weighted by Gasteiger charge is -2.19. The highest BCUT2D eigenvalue weighted by atomic mass is 16.5. The Hall–Kier alpha value is -1.95. The number of likely N-dealkylation sites (N-methyl/N-ethyl adjacent to an activating group) is 1. The van der Waals surface area contributed by atoms with Crippen molar-refractivity contribution in [2.45, 2.75) is 46.8 Å². The number of rotatable bonds is 9. The number of aliphatic imine (C=N–C) groups is 1. The minimum atomic E-state index is 0.234. The maximum Gasteiger partial charge on any atom is 0.191 e. The predicted octanol–water partition coefficient (Wildman–Crippen LogP) is 2.42. The van der Waals surface area contributed by atoms with Gasteiger partial charge in [-0.1, -0.05) is 13.8 Å². The van der Waals surface area contributed by atoms with Crippen LogP contribution in [0.25, 0.3) is 0 Å². The van der Waals surface area contributed by atoms with Gasteiger partial charge in [-0.2, -0.15) is 0 Å². The molecule has 0 amide bonds. The van der Waals surface area contributed by atoms with E-state index in [2.05, 4.69) is 53.4 Å². The van der Waals surface area contributed by atoms with Gasteiger partial charge in [-0.25, -0.2) is 0 Å². The Kier molecular flexibility index (Phi) is 8.04. The van der Waals surface area contributed by atoms with Crippen molar-refractivity contribution >= 4 is 5.96 Å². The zero-order valence-electron chi connectivity index (χ0n) is 16.9. The van der Waals surface area contributed by atoms with E-state index in [1.54, 1.807) is 7.05 Å². The first-order valence-electron chi connectivity index (χ1n) is 9.73. The van der Waals surface area contributed by atoms with E-state index in [4.69, 9.17) is 9.47 Å². The van der Waals surface area contributed by atoms with E-state index in [1.807, 2.05) is 6.92 Å². The third kappa shape index (κ3) is 5.53. The van der Waals surface area contributed by atoms with Crippen LogP contribution >= 0.6 is 0 Å². The number of guanidine groups is 1. The first-order valence-corrected chi connectivity index (χ1v) is 9.73. The minimum Gasteiger partial charge on any atom is -0.494 e. The van der Waals surface area contributed by atoms with Crippen molar-refractivity contribution in [1.29, 1.82) is 0 Å². The van der Waals surface area contributed by atoms with E-state index < -0.39 is 0 Å². The van der Waals surface area contributed by atoms with Gasteiger partial charge in [0.2, 0.25) is 0 Å². The highest BCUT2D eigenvalue weighted by Crippen LogP contribution is 2.35. The van der Waals surface area contributed by atoms with Crippen molar-refractivity contribution in [3.8, 4) is 11.5 Å². The van der Waals surface area contributed by atoms with Gasteiger partial charge in [0, 0.05) is 44.2 Å². The minimum absolute atomic E-state index is 0.234. The fraction of sp³-hybridized carbons (Fsp3) is 0.650. The van der Waals surface area contributed by atoms with E-state index in [1.165, 1.54) is 5.56 Å². The maximum atomic E-state index is 5.89. The third-order valence-corrected chi connectivity index (χ3v) is 4.66. The predicted molar refractivity (Wildman–Crippen MR) is 107 cm³/mol. The van der Waals surface area contributed by atoms with Gasteiger partial charge in [-0.3, -0.25) is 4.99 Å². The van der Waals surface area contributed by atoms with Crippen LogP contribution in [0.5, 0.6) is 11.5 Å². The molecule has 146 valence electrons. The summed E-state index contributed by atoms with van der Waals surface area (Å²) in [6.45, 7) is 13.8. The second-order valence-corrected chi connectivity index (χ2v) is 6.51. The van der Waals surface area contributed by atoms with Crippen molar-refractivity contribution in [2.24, 2.45) is 4.99 Å². The van der Waals surface area contributed by atoms with Gasteiger partial charge in [0.15, 0.2) is 5.96 Å². The second kappa shape index (κ2) is 10.3. The highest BCUT2D eigenvalue weighted by molar-refractivity contribution is 5.79. The molecule has 0 bridgehead atoms. The number of nitrogens with zero attached hydrogens (tertiary/aromatic N) is 2. The Labute approximate surface area is 158 Å². The largest absolute Gasteiger partial charge is 0.494 e. The molecular formula is C20H34N4O2. The van der Waals surface area contributed by atoms with Crippen LogP contribution in [0.3, 0.4) is 0 Å². The third-order valence-electron chi connectivity index (χ3n) is 4.66. The van der Waals surface area contributed by atoms with Crippen LogP contribution in [0.2, 0.25) is 0 Å². The maximum absolute atomic E-state index is 5.89. The molecule has 0 aromatic heterocycles. The van der Waals surface area contributed by atoms with E-state index in [-0.39, 0.29) is 6.10 Å². The lowest BCUT2D eigenvalue weighted by Crippen LogP contribution is -2.41. The molecule has 1 unspecified atom stereocenters. The number of benzene rings is 1. The molecule has 1 aliphatic rings. The molecule has 1 aromatic rings. The van der Waals surface area contributed by atoms with E-state index >= 15 is 0 Å². The number of nitrogens with one attached hydrogen (secondary N) is 2. The van der Waals surface area contributed by atoms with Gasteiger partial charge < -0.3 is 25.0 Å². The normalized spacial score (nSPS) is 16.4. The van der Waals surface area contributed by atoms with Gasteiger partial charge in [-0.05, 0) is 39.1 Å². The Morgan fingerprint density at radius 3 is 2.69 bits per heavy atom. The van der Waals surface area contributed by atoms with Crippen molar-refractivity contribution in [3.05, 3.63) is 23.3 Å². The lowest BCUT2D eigenvalue weighted by molar-refractivity contribution is 0.254. The van der Waals surface area contributed by atoms with Gasteiger partial charge in [-0.15, -0.1) is 0 Å². The van der Waals surface area contributed by atoms with Crippen LogP contribution in [-0.4, -0.2) is 56.8 Å². The van der Waals surface area contributed by atoms with E-state index in [0.29, 0.717) is 13.2 Å². The average Bonchev–Trinajstić information content (AvgIpc) is 3.00. The number of hydrogen-bond donors (Lipinski definition) is 2. The summed E-state index contributed by atoms with van der Waals surface area (Å²) in [5.74, 6) is 2.70. The molecule has 1 atom stereocenters. The SMILES string of the molecule is CCOc1cc2c(cc1CNC(=NC)NCCN(CC)CC)OC(C)C2. The summed E-state index contributed by atoms with van der Waals surface area (Å²) < 4.78 is 11.7. The molecule has 0 saturated heterocycles. The smallest absolute Gasteiger partial charge is 0.191 e. The van der Waals surface area contributed by atoms with Crippen molar-refractivity contribution in [3.63, 3.8) is 0 Å². The molecule has 0 radical (unpaired) electrons. The summed E-state index contributed by atoms with van der Waals surface area (Å²) >= 11 is 0. The molecule has 2 N–H and O–H groups in total. The Bertz CT molecular complexity index is 600. The molecule has 2 rings (SSSR count). The number of hydrogen-bond acceptors (Lipinski definition) is 4. The molecule has 26 heavy (non-hydrogen) atoms. The van der Waals surface area contributed by atoms with E-state index in [9.17, 15) is 0 Å². The highest BCUT2D eigenvalue weighted by Gasteiger charge is 2.21. The second-order valence-electron chi connectivity index (χ2n) is 6.51. The van der Waals surface area contributed by atoms with Crippen LogP contribution < -0.4 is 20.1 Å². The lowest BCUT2D eigenvalue weighted by atomic mass is 10.1. The summed E-state index contributed by atoms with van der Waals surface area (Å²) in [5, 5.41) is 6.76. The summed E-state index contributed by atoms with van der Waals surface area (Å²) in [6.07, 6.45) is 1.18. The molecule has 1 aliphatic heterocycles. The number of fused-ring (bicyclic) bond motifs is 1. The topological polar surface area (TPSA) is 58.1 Å². The Morgan fingerprint density at radius 1 is 1.27 bits per heavy atom. The van der Waals surface area contributed by atoms with Crippen LogP contribution in [0.4, 0.5) is 0 Å². The van der Waals surface area contributed by atoms with E-state index in [0.717, 1.165) is 55.6 Å². The molecule has 0 saturated carbocycles. The molecule has 1 heterocycles. The zero-order chi connectivity index (χ0) is 18.9. The van der Waals surface area contributed by atoms with Gasteiger partial charge in [0.25, 0.3) is 0 Å². The molecule has 0 fully saturated rings. The van der Waals surface area contributed by atoms with Crippen molar-refractivity contribution < 1.29 is 9.47 Å². The molecule has 6 heteroatoms. The average molecular weight is 363 g/mol. The molecular weight excluding hydrogens is 328 g/mol. The molecule has 6 nitrogen and oxygen atoms in total. The van der Waals surface area contributed by atoms with Crippen LogP contribution in [0, 0.1) is 0 Å². The first-order chi connectivity index (χ1) is 12.6. The standard InChI is InChI=1S/C20H34N4O2/c1-6-24(7-2)10-9-22-20(21-5)23-14-17-13-19-16(11-15(4)26-19)12-18(17)25-8-3/h12-13,15H,6-11,14H2,1-5H3,(H2,21,22,23). The van der Waals surface area contributed by atoms with Crippen molar-refractivity contribution in [1.82, 2.24) is 15.5 Å². The fourth-order valence-corrected chi connectivity index (χ4v) is 3.18. The summed E-state index contributed by atoms with van der Waals surface area (Å²) in [4.78, 5) is 6.70. The molecule has 0 aliphatic carbocycles. The summed E-state index contributed by atoms with van der Waals surface area (Å²) in [7, 11) is 1.80. The number of ether oxygens (including phenoxy) is 2. The van der Waals surface area contributed by atoms with Crippen LogP contribution in [0.1, 0.15) is 38.8 Å². The monoisotopic (exact) mass is 362 g/mol. The fourth-order valence-electron chi connectivity index (χ4n) is 3.18. The summed E-state index contributed by atoms with van der Waals surface area (Å²) in [6, 6.07) is 4.22. The molecule has 1 aromatic carbocycles. The Morgan fingerprint density at radius 2 is 2.04 bits per heavy atom. The van der Waals surface area contributed by atoms with Crippen molar-refractivity contribution in [2.75, 3.05) is 39.8 Å². The quantitative estimate of drug-likeness (QED) is 0.522. The van der Waals surface area contributed by atoms with Crippen LogP contribution in [0.15, 0.2) is 17.1 Å². The van der Waals surface area contributed by atoms with Gasteiger partial charge in [0.1, 0.15) is 17.6 Å². The first kappa shape index (κ1) is 20.4. The Balaban J connectivity index is 1.95. The van der Waals surface area contributed by atoms with Gasteiger partial charge >= 0.3 is 0 Å². The van der Waals surface area contributed by atoms with Gasteiger partial charge in [0.05, 0.1) is 6.61 Å². The molecule has 0 spiro atoms.